The molecule has 0 aliphatic heterocycles. The highest BCUT2D eigenvalue weighted by Gasteiger charge is 2.32. The number of ketones is 1. The van der Waals surface area contributed by atoms with E-state index in [4.69, 9.17) is 4.74 Å². The number of carbonyl (C=O) groups excluding carboxylic acids is 2. The van der Waals surface area contributed by atoms with Crippen molar-refractivity contribution >= 4 is 11.8 Å². The average Bonchev–Trinajstić information content (AvgIpc) is 2.40. The molecule has 0 radical (unpaired) electrons. The molecular formula is C16H30O3. The van der Waals surface area contributed by atoms with Gasteiger partial charge in [0.1, 0.15) is 5.78 Å². The number of unbranched alkanes of at least 4 members (excludes halogenated alkanes) is 1. The molecule has 0 saturated carbocycles. The van der Waals surface area contributed by atoms with Gasteiger partial charge in [0.15, 0.2) is 0 Å². The van der Waals surface area contributed by atoms with Crippen molar-refractivity contribution in [2.45, 2.75) is 72.6 Å². The van der Waals surface area contributed by atoms with Crippen molar-refractivity contribution in [2.75, 3.05) is 6.61 Å². The van der Waals surface area contributed by atoms with E-state index in [0.717, 1.165) is 38.5 Å². The van der Waals surface area contributed by atoms with Crippen molar-refractivity contribution in [1.29, 1.82) is 0 Å². The Balaban J connectivity index is 4.82. The highest BCUT2D eigenvalue weighted by molar-refractivity contribution is 5.86. The second-order valence-electron chi connectivity index (χ2n) is 5.11. The van der Waals surface area contributed by atoms with E-state index in [1.165, 1.54) is 0 Å². The van der Waals surface area contributed by atoms with Crippen LogP contribution in [-0.2, 0) is 14.3 Å². The minimum absolute atomic E-state index is 0.143. The van der Waals surface area contributed by atoms with E-state index < -0.39 is 0 Å². The Morgan fingerprint density at radius 1 is 0.895 bits per heavy atom. The summed E-state index contributed by atoms with van der Waals surface area (Å²) >= 11 is 0. The Morgan fingerprint density at radius 2 is 1.47 bits per heavy atom. The van der Waals surface area contributed by atoms with Gasteiger partial charge in [0.25, 0.3) is 0 Å². The molecule has 0 amide bonds. The lowest BCUT2D eigenvalue weighted by Gasteiger charge is -2.24. The van der Waals surface area contributed by atoms with Crippen molar-refractivity contribution in [3.63, 3.8) is 0 Å². The smallest absolute Gasteiger partial charge is 0.309 e. The summed E-state index contributed by atoms with van der Waals surface area (Å²) in [7, 11) is 0. The van der Waals surface area contributed by atoms with Crippen LogP contribution in [0, 0.1) is 11.8 Å². The predicted molar refractivity (Wildman–Crippen MR) is 78.0 cm³/mol. The highest BCUT2D eigenvalue weighted by atomic mass is 16.5. The maximum atomic E-state index is 12.3. The predicted octanol–water partition coefficient (Wildman–Crippen LogP) is 4.14. The Labute approximate surface area is 118 Å². The lowest BCUT2D eigenvalue weighted by molar-refractivity contribution is -0.153. The van der Waals surface area contributed by atoms with Crippen LogP contribution in [-0.4, -0.2) is 18.4 Å². The first-order valence-electron chi connectivity index (χ1n) is 7.81. The number of hydrogen-bond acceptors (Lipinski definition) is 3. The molecule has 0 aromatic heterocycles. The minimum atomic E-state index is -0.241. The van der Waals surface area contributed by atoms with Crippen LogP contribution in [0.4, 0.5) is 0 Å². The van der Waals surface area contributed by atoms with Gasteiger partial charge in [0.05, 0.1) is 12.5 Å². The van der Waals surface area contributed by atoms with Gasteiger partial charge < -0.3 is 4.74 Å². The monoisotopic (exact) mass is 270 g/mol. The third-order valence-corrected chi connectivity index (χ3v) is 3.46. The third-order valence-electron chi connectivity index (χ3n) is 3.46. The number of ether oxygens (including phenoxy) is 1. The van der Waals surface area contributed by atoms with E-state index in [2.05, 4.69) is 13.8 Å². The SMILES string of the molecule is CCCCC(=O)C(CCC)C(CCC)C(=O)OCC. The molecule has 3 nitrogen and oxygen atoms in total. The molecule has 0 rings (SSSR count). The summed E-state index contributed by atoms with van der Waals surface area (Å²) < 4.78 is 5.15. The van der Waals surface area contributed by atoms with Crippen LogP contribution in [0.25, 0.3) is 0 Å². The molecular weight excluding hydrogens is 240 g/mol. The standard InChI is InChI=1S/C16H30O3/c1-5-9-12-15(17)13(10-6-2)14(11-7-3)16(18)19-8-4/h13-14H,5-12H2,1-4H3. The number of esters is 1. The molecule has 2 atom stereocenters. The van der Waals surface area contributed by atoms with Crippen LogP contribution in [0.15, 0.2) is 0 Å². The maximum absolute atomic E-state index is 12.3. The fourth-order valence-electron chi connectivity index (χ4n) is 2.48. The molecule has 0 bridgehead atoms. The average molecular weight is 270 g/mol. The summed E-state index contributed by atoms with van der Waals surface area (Å²) in [5.74, 6) is -0.326. The first kappa shape index (κ1) is 18.1. The summed E-state index contributed by atoms with van der Waals surface area (Å²) in [6.45, 7) is 8.40. The van der Waals surface area contributed by atoms with E-state index >= 15 is 0 Å². The van der Waals surface area contributed by atoms with Crippen LogP contribution in [0.1, 0.15) is 72.6 Å². The van der Waals surface area contributed by atoms with Gasteiger partial charge in [-0.2, -0.15) is 0 Å². The lowest BCUT2D eigenvalue weighted by Crippen LogP contribution is -2.31. The fraction of sp³-hybridized carbons (Fsp3) is 0.875. The normalized spacial score (nSPS) is 13.9. The van der Waals surface area contributed by atoms with Gasteiger partial charge >= 0.3 is 5.97 Å². The molecule has 0 spiro atoms. The Morgan fingerprint density at radius 3 is 1.95 bits per heavy atom. The molecule has 2 unspecified atom stereocenters. The second-order valence-corrected chi connectivity index (χ2v) is 5.11. The van der Waals surface area contributed by atoms with Gasteiger partial charge in [-0.1, -0.05) is 40.0 Å². The van der Waals surface area contributed by atoms with Crippen LogP contribution >= 0.6 is 0 Å². The lowest BCUT2D eigenvalue weighted by atomic mass is 9.81. The van der Waals surface area contributed by atoms with Crippen molar-refractivity contribution < 1.29 is 14.3 Å². The number of hydrogen-bond donors (Lipinski definition) is 0. The summed E-state index contributed by atoms with van der Waals surface area (Å²) in [6, 6.07) is 0. The number of carbonyl (C=O) groups is 2. The first-order valence-corrected chi connectivity index (χ1v) is 7.81. The number of Topliss-reactive ketones (excluding diaryl/α,β-unsaturated/α-hetero) is 1. The quantitative estimate of drug-likeness (QED) is 0.530. The van der Waals surface area contributed by atoms with Crippen LogP contribution in [0.2, 0.25) is 0 Å². The van der Waals surface area contributed by atoms with Gasteiger partial charge in [-0.05, 0) is 26.2 Å². The molecule has 3 heteroatoms. The van der Waals surface area contributed by atoms with Crippen molar-refractivity contribution in [3.05, 3.63) is 0 Å². The van der Waals surface area contributed by atoms with Crippen LogP contribution < -0.4 is 0 Å². The zero-order valence-electron chi connectivity index (χ0n) is 13.0. The van der Waals surface area contributed by atoms with Crippen molar-refractivity contribution in [3.8, 4) is 0 Å². The van der Waals surface area contributed by atoms with Gasteiger partial charge in [-0.15, -0.1) is 0 Å². The summed E-state index contributed by atoms with van der Waals surface area (Å²) in [5.41, 5.74) is 0. The van der Waals surface area contributed by atoms with E-state index in [1.807, 2.05) is 13.8 Å². The molecule has 0 aromatic rings. The highest BCUT2D eigenvalue weighted by Crippen LogP contribution is 2.26. The third kappa shape index (κ3) is 6.74. The molecule has 0 fully saturated rings. The summed E-state index contributed by atoms with van der Waals surface area (Å²) in [6.07, 6.45) is 5.92. The van der Waals surface area contributed by atoms with E-state index in [9.17, 15) is 9.59 Å². The summed E-state index contributed by atoms with van der Waals surface area (Å²) in [4.78, 5) is 24.4. The van der Waals surface area contributed by atoms with E-state index in [0.29, 0.717) is 13.0 Å². The van der Waals surface area contributed by atoms with Crippen LogP contribution in [0.3, 0.4) is 0 Å². The second kappa shape index (κ2) is 11.0. The zero-order chi connectivity index (χ0) is 14.7. The largest absolute Gasteiger partial charge is 0.466 e. The molecule has 0 heterocycles. The molecule has 0 saturated heterocycles. The molecule has 0 aromatic carbocycles. The molecule has 19 heavy (non-hydrogen) atoms. The van der Waals surface area contributed by atoms with E-state index in [1.54, 1.807) is 0 Å². The topological polar surface area (TPSA) is 43.4 Å². The van der Waals surface area contributed by atoms with Gasteiger partial charge in [-0.3, -0.25) is 9.59 Å². The molecule has 112 valence electrons. The summed E-state index contributed by atoms with van der Waals surface area (Å²) in [5, 5.41) is 0. The fourth-order valence-corrected chi connectivity index (χ4v) is 2.48. The Kier molecular flexibility index (Phi) is 10.5. The van der Waals surface area contributed by atoms with Gasteiger partial charge in [-0.25, -0.2) is 0 Å². The minimum Gasteiger partial charge on any atom is -0.466 e. The number of rotatable bonds is 11. The van der Waals surface area contributed by atoms with Crippen LogP contribution in [0.5, 0.6) is 0 Å². The van der Waals surface area contributed by atoms with Gasteiger partial charge in [0.2, 0.25) is 0 Å². The van der Waals surface area contributed by atoms with E-state index in [-0.39, 0.29) is 23.6 Å². The zero-order valence-corrected chi connectivity index (χ0v) is 13.0. The Hall–Kier alpha value is -0.860. The van der Waals surface area contributed by atoms with Crippen molar-refractivity contribution in [1.82, 2.24) is 0 Å². The maximum Gasteiger partial charge on any atom is 0.309 e. The molecule has 0 aliphatic rings. The molecule has 0 aliphatic carbocycles. The Bertz CT molecular complexity index is 261. The van der Waals surface area contributed by atoms with Gasteiger partial charge in [0, 0.05) is 12.3 Å². The first-order chi connectivity index (χ1) is 9.12. The van der Waals surface area contributed by atoms with Crippen molar-refractivity contribution in [2.24, 2.45) is 11.8 Å². The molecule has 0 N–H and O–H groups in total.